The Kier molecular flexibility index (Phi) is 3.58. The SMILES string of the molecule is O=C(O)c1cnc(SCc2ccccc2)s1. The van der Waals surface area contributed by atoms with E-state index >= 15 is 0 Å². The molecule has 0 radical (unpaired) electrons. The van der Waals surface area contributed by atoms with Crippen LogP contribution in [0, 0.1) is 0 Å². The molecular formula is C11H9NO2S2. The molecule has 0 aliphatic rings. The maximum atomic E-state index is 10.6. The van der Waals surface area contributed by atoms with E-state index in [9.17, 15) is 4.79 Å². The highest BCUT2D eigenvalue weighted by molar-refractivity contribution is 8.00. The largest absolute Gasteiger partial charge is 0.477 e. The van der Waals surface area contributed by atoms with Gasteiger partial charge in [0.2, 0.25) is 0 Å². The Balaban J connectivity index is 1.97. The third-order valence-electron chi connectivity index (χ3n) is 1.90. The summed E-state index contributed by atoms with van der Waals surface area (Å²) in [6.07, 6.45) is 1.40. The number of rotatable bonds is 4. The Morgan fingerprint density at radius 1 is 1.38 bits per heavy atom. The summed E-state index contributed by atoms with van der Waals surface area (Å²) < 4.78 is 0.793. The second-order valence-electron chi connectivity index (χ2n) is 3.07. The van der Waals surface area contributed by atoms with Gasteiger partial charge in [0.05, 0.1) is 6.20 Å². The smallest absolute Gasteiger partial charge is 0.347 e. The molecular weight excluding hydrogens is 242 g/mol. The Morgan fingerprint density at radius 2 is 2.12 bits per heavy atom. The maximum absolute atomic E-state index is 10.6. The average molecular weight is 251 g/mol. The van der Waals surface area contributed by atoms with E-state index < -0.39 is 5.97 Å². The van der Waals surface area contributed by atoms with Crippen molar-refractivity contribution in [2.75, 3.05) is 0 Å². The highest BCUT2D eigenvalue weighted by Gasteiger charge is 2.08. The van der Waals surface area contributed by atoms with Crippen molar-refractivity contribution in [2.45, 2.75) is 10.1 Å². The van der Waals surface area contributed by atoms with Crippen LogP contribution in [0.5, 0.6) is 0 Å². The minimum absolute atomic E-state index is 0.288. The monoisotopic (exact) mass is 251 g/mol. The Labute approximate surface area is 101 Å². The molecule has 0 aliphatic carbocycles. The third-order valence-corrected chi connectivity index (χ3v) is 4.11. The summed E-state index contributed by atoms with van der Waals surface area (Å²) in [6, 6.07) is 10.0. The zero-order chi connectivity index (χ0) is 11.4. The van der Waals surface area contributed by atoms with E-state index in [1.165, 1.54) is 23.1 Å². The van der Waals surface area contributed by atoms with Crippen LogP contribution in [0.25, 0.3) is 0 Å². The molecule has 0 saturated heterocycles. The standard InChI is InChI=1S/C11H9NO2S2/c13-10(14)9-6-12-11(16-9)15-7-8-4-2-1-3-5-8/h1-6H,7H2,(H,13,14). The van der Waals surface area contributed by atoms with Gasteiger partial charge in [-0.25, -0.2) is 9.78 Å². The van der Waals surface area contributed by atoms with Gasteiger partial charge in [0.1, 0.15) is 4.88 Å². The number of thiazole rings is 1. The Hall–Kier alpha value is -1.33. The van der Waals surface area contributed by atoms with E-state index in [0.29, 0.717) is 0 Å². The van der Waals surface area contributed by atoms with E-state index in [4.69, 9.17) is 5.11 Å². The van der Waals surface area contributed by atoms with Crippen LogP contribution in [0.2, 0.25) is 0 Å². The second kappa shape index (κ2) is 5.14. The van der Waals surface area contributed by atoms with Crippen LogP contribution in [0.15, 0.2) is 40.9 Å². The fraction of sp³-hybridized carbons (Fsp3) is 0.0909. The van der Waals surface area contributed by atoms with Gasteiger partial charge in [-0.15, -0.1) is 11.3 Å². The van der Waals surface area contributed by atoms with Gasteiger partial charge in [0.25, 0.3) is 0 Å². The van der Waals surface area contributed by atoms with Gasteiger partial charge in [-0.3, -0.25) is 0 Å². The molecule has 0 saturated carbocycles. The minimum atomic E-state index is -0.913. The molecule has 1 aromatic carbocycles. The summed E-state index contributed by atoms with van der Waals surface area (Å²) in [4.78, 5) is 15.0. The van der Waals surface area contributed by atoms with Gasteiger partial charge in [0, 0.05) is 5.75 Å². The molecule has 82 valence electrons. The van der Waals surface area contributed by atoms with Gasteiger partial charge in [-0.2, -0.15) is 0 Å². The first kappa shape index (κ1) is 11.2. The molecule has 16 heavy (non-hydrogen) atoms. The number of hydrogen-bond acceptors (Lipinski definition) is 4. The summed E-state index contributed by atoms with van der Waals surface area (Å²) >= 11 is 2.77. The number of nitrogens with zero attached hydrogens (tertiary/aromatic N) is 1. The lowest BCUT2D eigenvalue weighted by molar-refractivity contribution is 0.0702. The molecule has 1 N–H and O–H groups in total. The number of carboxylic acid groups (broad SMARTS) is 1. The highest BCUT2D eigenvalue weighted by Crippen LogP contribution is 2.27. The topological polar surface area (TPSA) is 50.2 Å². The van der Waals surface area contributed by atoms with Gasteiger partial charge < -0.3 is 5.11 Å². The summed E-state index contributed by atoms with van der Waals surface area (Å²) in [7, 11) is 0. The van der Waals surface area contributed by atoms with Crippen LogP contribution in [-0.2, 0) is 5.75 Å². The molecule has 2 rings (SSSR count). The molecule has 1 aromatic heterocycles. The van der Waals surface area contributed by atoms with E-state index in [0.717, 1.165) is 10.1 Å². The van der Waals surface area contributed by atoms with Crippen LogP contribution in [-0.4, -0.2) is 16.1 Å². The Morgan fingerprint density at radius 3 is 2.75 bits per heavy atom. The van der Waals surface area contributed by atoms with E-state index in [-0.39, 0.29) is 4.88 Å². The van der Waals surface area contributed by atoms with Crippen molar-refractivity contribution in [3.63, 3.8) is 0 Å². The predicted octanol–water partition coefficient (Wildman–Crippen LogP) is 3.13. The quantitative estimate of drug-likeness (QED) is 0.848. The van der Waals surface area contributed by atoms with E-state index in [1.807, 2.05) is 30.3 Å². The number of carbonyl (C=O) groups is 1. The molecule has 1 heterocycles. The van der Waals surface area contributed by atoms with Crippen LogP contribution in [0.4, 0.5) is 0 Å². The first-order valence-corrected chi connectivity index (χ1v) is 6.42. The number of aromatic nitrogens is 1. The zero-order valence-electron chi connectivity index (χ0n) is 8.29. The van der Waals surface area contributed by atoms with Gasteiger partial charge >= 0.3 is 5.97 Å². The summed E-state index contributed by atoms with van der Waals surface area (Å²) in [5.41, 5.74) is 1.21. The number of aromatic carboxylic acids is 1. The molecule has 0 atom stereocenters. The lowest BCUT2D eigenvalue weighted by Crippen LogP contribution is -1.89. The van der Waals surface area contributed by atoms with Crippen molar-refractivity contribution in [3.05, 3.63) is 47.0 Å². The van der Waals surface area contributed by atoms with E-state index in [1.54, 1.807) is 11.8 Å². The molecule has 0 fully saturated rings. The molecule has 0 spiro atoms. The normalized spacial score (nSPS) is 10.2. The summed E-state index contributed by atoms with van der Waals surface area (Å²) in [5, 5.41) is 8.74. The lowest BCUT2D eigenvalue weighted by Gasteiger charge is -1.97. The third kappa shape index (κ3) is 2.84. The summed E-state index contributed by atoms with van der Waals surface area (Å²) in [6.45, 7) is 0. The molecule has 0 bridgehead atoms. The van der Waals surface area contributed by atoms with Gasteiger partial charge in [-0.05, 0) is 5.56 Å². The van der Waals surface area contributed by atoms with Crippen molar-refractivity contribution >= 4 is 29.1 Å². The Bertz CT molecular complexity index is 482. The molecule has 3 nitrogen and oxygen atoms in total. The first-order valence-electron chi connectivity index (χ1n) is 4.61. The molecule has 0 aliphatic heterocycles. The summed E-state index contributed by atoms with van der Waals surface area (Å²) in [5.74, 6) is -0.1000. The number of benzene rings is 1. The molecule has 0 unspecified atom stereocenters. The predicted molar refractivity (Wildman–Crippen MR) is 65.1 cm³/mol. The number of carboxylic acids is 1. The number of hydrogen-bond donors (Lipinski definition) is 1. The van der Waals surface area contributed by atoms with Crippen LogP contribution < -0.4 is 0 Å². The highest BCUT2D eigenvalue weighted by atomic mass is 32.2. The van der Waals surface area contributed by atoms with Crippen LogP contribution in [0.1, 0.15) is 15.2 Å². The fourth-order valence-corrected chi connectivity index (χ4v) is 2.92. The number of thioether (sulfide) groups is 1. The van der Waals surface area contributed by atoms with Gasteiger partial charge in [-0.1, -0.05) is 42.1 Å². The average Bonchev–Trinajstić information content (AvgIpc) is 2.76. The molecule has 0 amide bonds. The van der Waals surface area contributed by atoms with Gasteiger partial charge in [0.15, 0.2) is 4.34 Å². The van der Waals surface area contributed by atoms with Crippen LogP contribution >= 0.6 is 23.1 Å². The molecule has 5 heteroatoms. The maximum Gasteiger partial charge on any atom is 0.347 e. The zero-order valence-corrected chi connectivity index (χ0v) is 9.92. The minimum Gasteiger partial charge on any atom is -0.477 e. The second-order valence-corrected chi connectivity index (χ2v) is 5.32. The van der Waals surface area contributed by atoms with Crippen molar-refractivity contribution in [2.24, 2.45) is 0 Å². The van der Waals surface area contributed by atoms with Crippen molar-refractivity contribution < 1.29 is 9.90 Å². The van der Waals surface area contributed by atoms with Crippen LogP contribution in [0.3, 0.4) is 0 Å². The first-order chi connectivity index (χ1) is 7.75. The van der Waals surface area contributed by atoms with Crippen molar-refractivity contribution in [1.82, 2.24) is 4.98 Å². The fourth-order valence-electron chi connectivity index (χ4n) is 1.14. The molecule has 2 aromatic rings. The van der Waals surface area contributed by atoms with Crippen molar-refractivity contribution in [3.8, 4) is 0 Å². The lowest BCUT2D eigenvalue weighted by atomic mass is 10.2. The van der Waals surface area contributed by atoms with Crippen molar-refractivity contribution in [1.29, 1.82) is 0 Å². The van der Waals surface area contributed by atoms with E-state index in [2.05, 4.69) is 4.98 Å².